The molecule has 0 saturated carbocycles. The predicted octanol–water partition coefficient (Wildman–Crippen LogP) is 2.64. The summed E-state index contributed by atoms with van der Waals surface area (Å²) in [5.41, 5.74) is 1.17. The minimum absolute atomic E-state index is 0.00928. The molecule has 4 nitrogen and oxygen atoms in total. The molecule has 1 aromatic carbocycles. The molecule has 1 aromatic heterocycles. The summed E-state index contributed by atoms with van der Waals surface area (Å²) in [4.78, 5) is 11.2. The number of H-pyrrole nitrogens is 1. The quantitative estimate of drug-likeness (QED) is 0.824. The molecule has 1 heterocycles. The SMILES string of the molecule is CSc1cc(-c2cc(C(=O)O)[nH]n2)ccc1F. The number of thioether (sulfide) groups is 1. The number of aromatic carboxylic acids is 1. The lowest BCUT2D eigenvalue weighted by molar-refractivity contribution is 0.0690. The second-order valence-corrected chi connectivity index (χ2v) is 4.17. The van der Waals surface area contributed by atoms with E-state index < -0.39 is 5.97 Å². The minimum atomic E-state index is -1.07. The molecule has 0 aliphatic rings. The molecular weight excluding hydrogens is 243 g/mol. The van der Waals surface area contributed by atoms with Gasteiger partial charge in [-0.15, -0.1) is 11.8 Å². The molecule has 0 aliphatic carbocycles. The summed E-state index contributed by atoms with van der Waals surface area (Å²) < 4.78 is 13.3. The molecule has 2 N–H and O–H groups in total. The lowest BCUT2D eigenvalue weighted by Crippen LogP contribution is -1.95. The number of rotatable bonds is 3. The van der Waals surface area contributed by atoms with Gasteiger partial charge in [-0.1, -0.05) is 0 Å². The van der Waals surface area contributed by atoms with Crippen LogP contribution in [0.15, 0.2) is 29.2 Å². The highest BCUT2D eigenvalue weighted by atomic mass is 32.2. The predicted molar refractivity (Wildman–Crippen MR) is 62.7 cm³/mol. The van der Waals surface area contributed by atoms with Gasteiger partial charge in [0, 0.05) is 10.5 Å². The highest BCUT2D eigenvalue weighted by Crippen LogP contribution is 2.26. The number of aromatic amines is 1. The zero-order valence-electron chi connectivity index (χ0n) is 8.90. The zero-order valence-corrected chi connectivity index (χ0v) is 9.71. The largest absolute Gasteiger partial charge is 0.477 e. The van der Waals surface area contributed by atoms with E-state index in [1.807, 2.05) is 0 Å². The van der Waals surface area contributed by atoms with Gasteiger partial charge in [-0.25, -0.2) is 9.18 Å². The molecule has 0 aliphatic heterocycles. The molecule has 0 unspecified atom stereocenters. The monoisotopic (exact) mass is 252 g/mol. The van der Waals surface area contributed by atoms with Crippen LogP contribution in [0.3, 0.4) is 0 Å². The molecule has 6 heteroatoms. The van der Waals surface area contributed by atoms with Crippen molar-refractivity contribution in [2.45, 2.75) is 4.90 Å². The van der Waals surface area contributed by atoms with E-state index in [2.05, 4.69) is 10.2 Å². The van der Waals surface area contributed by atoms with Crippen molar-refractivity contribution in [3.05, 3.63) is 35.8 Å². The van der Waals surface area contributed by atoms with Gasteiger partial charge in [-0.3, -0.25) is 5.10 Å². The van der Waals surface area contributed by atoms with Gasteiger partial charge in [0.15, 0.2) is 0 Å². The topological polar surface area (TPSA) is 66.0 Å². The molecule has 0 fully saturated rings. The third-order valence-corrected chi connectivity index (χ3v) is 3.01. The van der Waals surface area contributed by atoms with Gasteiger partial charge in [0.25, 0.3) is 0 Å². The Balaban J connectivity index is 2.42. The first-order chi connectivity index (χ1) is 8.11. The maximum absolute atomic E-state index is 13.3. The number of benzene rings is 1. The maximum atomic E-state index is 13.3. The van der Waals surface area contributed by atoms with Gasteiger partial charge in [-0.05, 0) is 30.5 Å². The number of carbonyl (C=O) groups is 1. The van der Waals surface area contributed by atoms with Crippen LogP contribution >= 0.6 is 11.8 Å². The van der Waals surface area contributed by atoms with Gasteiger partial charge < -0.3 is 5.11 Å². The van der Waals surface area contributed by atoms with Crippen molar-refractivity contribution in [1.82, 2.24) is 10.2 Å². The molecule has 88 valence electrons. The van der Waals surface area contributed by atoms with E-state index in [4.69, 9.17) is 5.11 Å². The first-order valence-corrected chi connectivity index (χ1v) is 5.97. The van der Waals surface area contributed by atoms with Gasteiger partial charge in [0.05, 0.1) is 5.69 Å². The highest BCUT2D eigenvalue weighted by Gasteiger charge is 2.10. The van der Waals surface area contributed by atoms with Crippen LogP contribution in [0.4, 0.5) is 4.39 Å². The van der Waals surface area contributed by atoms with E-state index >= 15 is 0 Å². The second kappa shape index (κ2) is 4.58. The van der Waals surface area contributed by atoms with Crippen molar-refractivity contribution in [2.75, 3.05) is 6.26 Å². The summed E-state index contributed by atoms with van der Waals surface area (Å²) in [5.74, 6) is -1.37. The molecular formula is C11H9FN2O2S. The van der Waals surface area contributed by atoms with Crippen molar-refractivity contribution in [2.24, 2.45) is 0 Å². The number of nitrogens with one attached hydrogen (secondary N) is 1. The molecule has 0 saturated heterocycles. The average Bonchev–Trinajstić information content (AvgIpc) is 2.79. The molecule has 2 rings (SSSR count). The fourth-order valence-corrected chi connectivity index (χ4v) is 1.91. The number of carboxylic acid groups (broad SMARTS) is 1. The molecule has 2 aromatic rings. The van der Waals surface area contributed by atoms with Crippen molar-refractivity contribution >= 4 is 17.7 Å². The standard InChI is InChI=1S/C11H9FN2O2S/c1-17-10-4-6(2-3-7(10)12)8-5-9(11(15)16)14-13-8/h2-5H,1H3,(H,13,14)(H,15,16). The Kier molecular flexibility index (Phi) is 3.14. The van der Waals surface area contributed by atoms with Crippen LogP contribution in [-0.4, -0.2) is 27.5 Å². The van der Waals surface area contributed by atoms with Crippen molar-refractivity contribution in [3.63, 3.8) is 0 Å². The Labute approximate surface area is 101 Å². The Hall–Kier alpha value is -1.82. The Bertz CT molecular complexity index is 568. The van der Waals surface area contributed by atoms with E-state index in [1.54, 1.807) is 18.4 Å². The van der Waals surface area contributed by atoms with Crippen LogP contribution in [0.2, 0.25) is 0 Å². The molecule has 0 atom stereocenters. The van der Waals surface area contributed by atoms with Crippen molar-refractivity contribution < 1.29 is 14.3 Å². The van der Waals surface area contributed by atoms with E-state index in [-0.39, 0.29) is 11.5 Å². The van der Waals surface area contributed by atoms with Crippen LogP contribution in [-0.2, 0) is 0 Å². The average molecular weight is 252 g/mol. The van der Waals surface area contributed by atoms with Crippen molar-refractivity contribution in [3.8, 4) is 11.3 Å². The first kappa shape index (κ1) is 11.7. The van der Waals surface area contributed by atoms with E-state index in [9.17, 15) is 9.18 Å². The Morgan fingerprint density at radius 3 is 2.82 bits per heavy atom. The molecule has 0 bridgehead atoms. The molecule has 0 amide bonds. The zero-order chi connectivity index (χ0) is 12.4. The highest BCUT2D eigenvalue weighted by molar-refractivity contribution is 7.98. The normalized spacial score (nSPS) is 10.5. The number of nitrogens with zero attached hydrogens (tertiary/aromatic N) is 1. The fourth-order valence-electron chi connectivity index (χ4n) is 1.40. The third kappa shape index (κ3) is 2.31. The summed E-state index contributed by atoms with van der Waals surface area (Å²) in [6.45, 7) is 0. The second-order valence-electron chi connectivity index (χ2n) is 3.32. The van der Waals surface area contributed by atoms with Crippen LogP contribution in [0, 0.1) is 5.82 Å². The molecule has 17 heavy (non-hydrogen) atoms. The summed E-state index contributed by atoms with van der Waals surface area (Å²) in [7, 11) is 0. The number of aromatic nitrogens is 2. The van der Waals surface area contributed by atoms with E-state index in [0.717, 1.165) is 0 Å². The Morgan fingerprint density at radius 1 is 1.47 bits per heavy atom. The Morgan fingerprint density at radius 2 is 2.24 bits per heavy atom. The minimum Gasteiger partial charge on any atom is -0.477 e. The van der Waals surface area contributed by atoms with Crippen LogP contribution < -0.4 is 0 Å². The summed E-state index contributed by atoms with van der Waals surface area (Å²) in [6, 6.07) is 5.97. The number of hydrogen-bond acceptors (Lipinski definition) is 3. The van der Waals surface area contributed by atoms with E-state index in [0.29, 0.717) is 16.2 Å². The lowest BCUT2D eigenvalue weighted by atomic mass is 10.1. The number of carboxylic acids is 1. The summed E-state index contributed by atoms with van der Waals surface area (Å²) in [5, 5.41) is 15.0. The number of halogens is 1. The maximum Gasteiger partial charge on any atom is 0.353 e. The summed E-state index contributed by atoms with van der Waals surface area (Å²) in [6.07, 6.45) is 1.77. The van der Waals surface area contributed by atoms with Gasteiger partial charge in [-0.2, -0.15) is 5.10 Å². The first-order valence-electron chi connectivity index (χ1n) is 4.74. The summed E-state index contributed by atoms with van der Waals surface area (Å²) >= 11 is 1.29. The third-order valence-electron chi connectivity index (χ3n) is 2.26. The molecule has 0 spiro atoms. The number of hydrogen-bond donors (Lipinski definition) is 2. The fraction of sp³-hybridized carbons (Fsp3) is 0.0909. The van der Waals surface area contributed by atoms with Gasteiger partial charge in [0.1, 0.15) is 11.5 Å². The smallest absolute Gasteiger partial charge is 0.353 e. The van der Waals surface area contributed by atoms with Gasteiger partial charge in [0.2, 0.25) is 0 Å². The van der Waals surface area contributed by atoms with E-state index in [1.165, 1.54) is 23.9 Å². The van der Waals surface area contributed by atoms with Crippen molar-refractivity contribution in [1.29, 1.82) is 0 Å². The van der Waals surface area contributed by atoms with Crippen LogP contribution in [0.25, 0.3) is 11.3 Å². The van der Waals surface area contributed by atoms with Crippen LogP contribution in [0.5, 0.6) is 0 Å². The molecule has 0 radical (unpaired) electrons. The van der Waals surface area contributed by atoms with Gasteiger partial charge >= 0.3 is 5.97 Å². The van der Waals surface area contributed by atoms with Crippen LogP contribution in [0.1, 0.15) is 10.5 Å². The lowest BCUT2D eigenvalue weighted by Gasteiger charge is -2.01.